The van der Waals surface area contributed by atoms with Gasteiger partial charge in [-0.05, 0) is 19.3 Å². The van der Waals surface area contributed by atoms with Gasteiger partial charge in [0.15, 0.2) is 0 Å². The van der Waals surface area contributed by atoms with E-state index >= 15 is 0 Å². The molecule has 6 nitrogen and oxygen atoms in total. The van der Waals surface area contributed by atoms with Crippen molar-refractivity contribution in [3.8, 4) is 6.07 Å². The Morgan fingerprint density at radius 1 is 1.29 bits per heavy atom. The monoisotopic (exact) mass is 291 g/mol. The summed E-state index contributed by atoms with van der Waals surface area (Å²) in [6.45, 7) is 0. The summed E-state index contributed by atoms with van der Waals surface area (Å²) >= 11 is 0. The van der Waals surface area contributed by atoms with Gasteiger partial charge >= 0.3 is 0 Å². The van der Waals surface area contributed by atoms with Crippen LogP contribution >= 0.6 is 0 Å². The zero-order chi connectivity index (χ0) is 15.5. The van der Waals surface area contributed by atoms with Crippen LogP contribution in [0.15, 0.2) is 0 Å². The first-order valence-electron chi connectivity index (χ1n) is 7.53. The van der Waals surface area contributed by atoms with Gasteiger partial charge in [0.25, 0.3) is 5.91 Å². The molecule has 0 bridgehead atoms. The van der Waals surface area contributed by atoms with Crippen LogP contribution in [0, 0.1) is 16.7 Å². The maximum atomic E-state index is 12.5. The van der Waals surface area contributed by atoms with Crippen molar-refractivity contribution in [3.05, 3.63) is 0 Å². The van der Waals surface area contributed by atoms with Crippen LogP contribution in [0.25, 0.3) is 0 Å². The summed E-state index contributed by atoms with van der Waals surface area (Å²) in [4.78, 5) is 37.0. The lowest BCUT2D eigenvalue weighted by molar-refractivity contribution is -0.150. The molecule has 1 saturated carbocycles. The first-order chi connectivity index (χ1) is 10.00. The average Bonchev–Trinajstić information content (AvgIpc) is 2.74. The minimum Gasteiger partial charge on any atom is -0.343 e. The Morgan fingerprint density at radius 2 is 1.90 bits per heavy atom. The molecule has 1 aliphatic carbocycles. The third kappa shape index (κ3) is 3.07. The smallest absolute Gasteiger partial charge is 0.251 e. The number of hydrogen-bond acceptors (Lipinski definition) is 4. The number of hydrogen-bond donors (Lipinski definition) is 1. The van der Waals surface area contributed by atoms with Crippen molar-refractivity contribution in [1.82, 2.24) is 10.2 Å². The van der Waals surface area contributed by atoms with E-state index in [1.165, 1.54) is 7.05 Å². The second-order valence-electron chi connectivity index (χ2n) is 5.96. The minimum atomic E-state index is -1.02. The van der Waals surface area contributed by atoms with E-state index in [4.69, 9.17) is 0 Å². The maximum Gasteiger partial charge on any atom is 0.251 e. The van der Waals surface area contributed by atoms with Gasteiger partial charge < -0.3 is 5.32 Å². The van der Waals surface area contributed by atoms with E-state index in [-0.39, 0.29) is 24.1 Å². The molecule has 0 aromatic rings. The molecule has 1 aliphatic heterocycles. The summed E-state index contributed by atoms with van der Waals surface area (Å²) in [5, 5.41) is 12.2. The van der Waals surface area contributed by atoms with E-state index in [2.05, 4.69) is 11.4 Å². The molecule has 3 amide bonds. The van der Waals surface area contributed by atoms with Crippen molar-refractivity contribution in [1.29, 1.82) is 5.26 Å². The highest BCUT2D eigenvalue weighted by molar-refractivity contribution is 6.02. The summed E-state index contributed by atoms with van der Waals surface area (Å²) in [6.07, 6.45) is 5.45. The number of nitrogens with one attached hydrogen (secondary N) is 1. The molecule has 0 aromatic carbocycles. The summed E-state index contributed by atoms with van der Waals surface area (Å²) in [5.74, 6) is -0.968. The summed E-state index contributed by atoms with van der Waals surface area (Å²) in [7, 11) is 1.43. The van der Waals surface area contributed by atoms with Gasteiger partial charge in [0.05, 0.1) is 6.07 Å². The summed E-state index contributed by atoms with van der Waals surface area (Å²) < 4.78 is 0. The SMILES string of the molecule is CN1C(=O)CCC(NC(=O)C2(C#N)CCCCCC2)C1=O. The first kappa shape index (κ1) is 15.5. The van der Waals surface area contributed by atoms with Gasteiger partial charge in [0.1, 0.15) is 11.5 Å². The summed E-state index contributed by atoms with van der Waals surface area (Å²) in [5.41, 5.74) is -1.02. The fraction of sp³-hybridized carbons (Fsp3) is 0.733. The number of carbonyl (C=O) groups excluding carboxylic acids is 3. The minimum absolute atomic E-state index is 0.227. The van der Waals surface area contributed by atoms with E-state index in [1.54, 1.807) is 0 Å². The van der Waals surface area contributed by atoms with E-state index in [9.17, 15) is 19.6 Å². The number of likely N-dealkylation sites (N-methyl/N-ethyl adjacent to an activating group) is 1. The molecule has 21 heavy (non-hydrogen) atoms. The van der Waals surface area contributed by atoms with Crippen LogP contribution in [-0.2, 0) is 14.4 Å². The second-order valence-corrected chi connectivity index (χ2v) is 5.96. The quantitative estimate of drug-likeness (QED) is 0.609. The number of rotatable bonds is 2. The highest BCUT2D eigenvalue weighted by atomic mass is 16.2. The van der Waals surface area contributed by atoms with Gasteiger partial charge in [0, 0.05) is 13.5 Å². The van der Waals surface area contributed by atoms with Gasteiger partial charge in [-0.15, -0.1) is 0 Å². The van der Waals surface area contributed by atoms with Crippen molar-refractivity contribution < 1.29 is 14.4 Å². The van der Waals surface area contributed by atoms with Gasteiger partial charge in [-0.25, -0.2) is 0 Å². The molecule has 0 radical (unpaired) electrons. The fourth-order valence-corrected chi connectivity index (χ4v) is 3.07. The van der Waals surface area contributed by atoms with Crippen molar-refractivity contribution in [2.24, 2.45) is 5.41 Å². The molecule has 6 heteroatoms. The Morgan fingerprint density at radius 3 is 2.48 bits per heavy atom. The lowest BCUT2D eigenvalue weighted by Crippen LogP contribution is -2.55. The third-order valence-corrected chi connectivity index (χ3v) is 4.56. The second kappa shape index (κ2) is 6.25. The number of nitriles is 1. The van der Waals surface area contributed by atoms with Crippen molar-refractivity contribution >= 4 is 17.7 Å². The van der Waals surface area contributed by atoms with Crippen LogP contribution in [0.3, 0.4) is 0 Å². The van der Waals surface area contributed by atoms with Gasteiger partial charge in [-0.2, -0.15) is 5.26 Å². The standard InChI is InChI=1S/C15H21N3O3/c1-18-12(19)7-6-11(13(18)20)17-14(21)15(10-16)8-4-2-3-5-9-15/h11H,2-9H2,1H3,(H,17,21). The number of imide groups is 1. The van der Waals surface area contributed by atoms with Crippen molar-refractivity contribution in [2.45, 2.75) is 57.4 Å². The zero-order valence-electron chi connectivity index (χ0n) is 12.4. The summed E-state index contributed by atoms with van der Waals surface area (Å²) in [6, 6.07) is 1.49. The largest absolute Gasteiger partial charge is 0.343 e. The normalized spacial score (nSPS) is 25.9. The molecule has 1 atom stereocenters. The Hall–Kier alpha value is -1.90. The fourth-order valence-electron chi connectivity index (χ4n) is 3.07. The molecule has 1 N–H and O–H groups in total. The van der Waals surface area contributed by atoms with Gasteiger partial charge in [0.2, 0.25) is 11.8 Å². The predicted octanol–water partition coefficient (Wildman–Crippen LogP) is 1.11. The zero-order valence-corrected chi connectivity index (χ0v) is 12.4. The Kier molecular flexibility index (Phi) is 4.61. The average molecular weight is 291 g/mol. The third-order valence-electron chi connectivity index (χ3n) is 4.56. The van der Waals surface area contributed by atoms with Crippen LogP contribution in [0.4, 0.5) is 0 Å². The molecule has 2 aliphatic rings. The van der Waals surface area contributed by atoms with Crippen molar-refractivity contribution in [3.63, 3.8) is 0 Å². The highest BCUT2D eigenvalue weighted by Gasteiger charge is 2.42. The van der Waals surface area contributed by atoms with Crippen LogP contribution in [0.1, 0.15) is 51.4 Å². The van der Waals surface area contributed by atoms with Crippen LogP contribution in [0.2, 0.25) is 0 Å². The van der Waals surface area contributed by atoms with E-state index in [0.29, 0.717) is 19.3 Å². The number of nitrogens with zero attached hydrogens (tertiary/aromatic N) is 2. The number of carbonyl (C=O) groups is 3. The molecule has 1 heterocycles. The molecular weight excluding hydrogens is 270 g/mol. The number of piperidine rings is 1. The first-order valence-corrected chi connectivity index (χ1v) is 7.53. The van der Waals surface area contributed by atoms with Crippen molar-refractivity contribution in [2.75, 3.05) is 7.05 Å². The molecule has 114 valence electrons. The van der Waals surface area contributed by atoms with E-state index in [0.717, 1.165) is 30.6 Å². The van der Waals surface area contributed by atoms with Gasteiger partial charge in [-0.3, -0.25) is 19.3 Å². The molecular formula is C15H21N3O3. The maximum absolute atomic E-state index is 12.5. The molecule has 1 unspecified atom stereocenters. The molecule has 1 saturated heterocycles. The van der Waals surface area contributed by atoms with E-state index < -0.39 is 11.5 Å². The molecule has 0 spiro atoms. The Bertz CT molecular complexity index is 487. The lowest BCUT2D eigenvalue weighted by atomic mass is 9.80. The van der Waals surface area contributed by atoms with Gasteiger partial charge in [-0.1, -0.05) is 25.7 Å². The van der Waals surface area contributed by atoms with Crippen LogP contribution < -0.4 is 5.32 Å². The number of amides is 3. The van der Waals surface area contributed by atoms with Crippen LogP contribution in [-0.4, -0.2) is 35.7 Å². The Balaban J connectivity index is 2.07. The van der Waals surface area contributed by atoms with Crippen LogP contribution in [0.5, 0.6) is 0 Å². The topological polar surface area (TPSA) is 90.3 Å². The molecule has 2 rings (SSSR count). The lowest BCUT2D eigenvalue weighted by Gasteiger charge is -2.31. The number of likely N-dealkylation sites (tertiary alicyclic amines) is 1. The molecule has 0 aromatic heterocycles. The molecule has 2 fully saturated rings. The predicted molar refractivity (Wildman–Crippen MR) is 74.7 cm³/mol. The van der Waals surface area contributed by atoms with E-state index in [1.807, 2.05) is 0 Å². The highest BCUT2D eigenvalue weighted by Crippen LogP contribution is 2.35. The Labute approximate surface area is 124 Å².